The molecule has 0 bridgehead atoms. The highest BCUT2D eigenvalue weighted by atomic mass is 15.2. The minimum absolute atomic E-state index is 0.173. The lowest BCUT2D eigenvalue weighted by molar-refractivity contribution is 0.150. The molecule has 0 aromatic heterocycles. The molecule has 0 amide bonds. The Morgan fingerprint density at radius 3 is 3.00 bits per heavy atom. The van der Waals surface area contributed by atoms with Crippen LogP contribution in [0.25, 0.3) is 0 Å². The van der Waals surface area contributed by atoms with E-state index in [1.165, 1.54) is 45.1 Å². The van der Waals surface area contributed by atoms with Crippen LogP contribution in [0.2, 0.25) is 0 Å². The summed E-state index contributed by atoms with van der Waals surface area (Å²) in [6.45, 7) is 4.17. The Balaban J connectivity index is 1.78. The molecule has 1 aliphatic heterocycles. The SMILES string of the molecule is CN1CCCC(CN)(NCCC2=CCCC2)C1. The molecule has 3 N–H and O–H groups in total. The molecule has 1 unspecified atom stereocenters. The van der Waals surface area contributed by atoms with Crippen LogP contribution in [-0.2, 0) is 0 Å². The summed E-state index contributed by atoms with van der Waals surface area (Å²) in [5, 5.41) is 3.73. The van der Waals surface area contributed by atoms with Crippen molar-refractivity contribution in [2.45, 2.75) is 44.1 Å². The zero-order chi connectivity index (χ0) is 12.1. The second kappa shape index (κ2) is 5.98. The Labute approximate surface area is 105 Å². The summed E-state index contributed by atoms with van der Waals surface area (Å²) in [5.41, 5.74) is 7.81. The number of rotatable bonds is 5. The Hall–Kier alpha value is -0.380. The van der Waals surface area contributed by atoms with Gasteiger partial charge in [0.15, 0.2) is 0 Å². The van der Waals surface area contributed by atoms with E-state index in [1.807, 2.05) is 0 Å². The summed E-state index contributed by atoms with van der Waals surface area (Å²) in [5.74, 6) is 0. The first-order valence-electron chi connectivity index (χ1n) is 7.06. The van der Waals surface area contributed by atoms with Crippen molar-refractivity contribution in [1.29, 1.82) is 0 Å². The topological polar surface area (TPSA) is 41.3 Å². The van der Waals surface area contributed by atoms with Gasteiger partial charge in [0.1, 0.15) is 0 Å². The van der Waals surface area contributed by atoms with Crippen LogP contribution in [0.15, 0.2) is 11.6 Å². The fourth-order valence-corrected chi connectivity index (χ4v) is 3.20. The third-order valence-corrected chi connectivity index (χ3v) is 4.24. The molecule has 1 fully saturated rings. The number of nitrogens with zero attached hydrogens (tertiary/aromatic N) is 1. The van der Waals surface area contributed by atoms with Gasteiger partial charge in [-0.15, -0.1) is 0 Å². The van der Waals surface area contributed by atoms with Gasteiger partial charge in [-0.3, -0.25) is 0 Å². The minimum Gasteiger partial charge on any atom is -0.329 e. The van der Waals surface area contributed by atoms with E-state index in [0.29, 0.717) is 0 Å². The Bertz CT molecular complexity index is 275. The summed E-state index contributed by atoms with van der Waals surface area (Å²) < 4.78 is 0. The first-order chi connectivity index (χ1) is 8.24. The molecule has 17 heavy (non-hydrogen) atoms. The third-order valence-electron chi connectivity index (χ3n) is 4.24. The molecule has 2 rings (SSSR count). The van der Waals surface area contributed by atoms with Gasteiger partial charge >= 0.3 is 0 Å². The largest absolute Gasteiger partial charge is 0.329 e. The van der Waals surface area contributed by atoms with Gasteiger partial charge in [0.05, 0.1) is 0 Å². The van der Waals surface area contributed by atoms with E-state index in [2.05, 4.69) is 23.3 Å². The fourth-order valence-electron chi connectivity index (χ4n) is 3.20. The summed E-state index contributed by atoms with van der Waals surface area (Å²) in [6, 6.07) is 0. The predicted molar refractivity (Wildman–Crippen MR) is 73.1 cm³/mol. The number of hydrogen-bond donors (Lipinski definition) is 2. The van der Waals surface area contributed by atoms with Crippen LogP contribution in [-0.4, -0.2) is 43.7 Å². The Kier molecular flexibility index (Phi) is 4.60. The van der Waals surface area contributed by atoms with Gasteiger partial charge in [0.25, 0.3) is 0 Å². The molecule has 1 aliphatic carbocycles. The van der Waals surface area contributed by atoms with Gasteiger partial charge in [0, 0.05) is 18.6 Å². The lowest BCUT2D eigenvalue weighted by atomic mass is 9.89. The van der Waals surface area contributed by atoms with Crippen molar-refractivity contribution in [2.24, 2.45) is 5.73 Å². The van der Waals surface area contributed by atoms with E-state index in [0.717, 1.165) is 19.6 Å². The number of nitrogens with two attached hydrogens (primary N) is 1. The van der Waals surface area contributed by atoms with Crippen LogP contribution in [0.1, 0.15) is 38.5 Å². The molecule has 1 atom stereocenters. The quantitative estimate of drug-likeness (QED) is 0.712. The summed E-state index contributed by atoms with van der Waals surface area (Å²) in [7, 11) is 2.20. The molecular weight excluding hydrogens is 210 g/mol. The molecule has 1 heterocycles. The molecule has 0 aromatic carbocycles. The van der Waals surface area contributed by atoms with Crippen LogP contribution in [0.5, 0.6) is 0 Å². The molecule has 0 aromatic rings. The van der Waals surface area contributed by atoms with Crippen LogP contribution >= 0.6 is 0 Å². The van der Waals surface area contributed by atoms with Crippen LogP contribution < -0.4 is 11.1 Å². The number of hydrogen-bond acceptors (Lipinski definition) is 3. The number of likely N-dealkylation sites (N-methyl/N-ethyl adjacent to an activating group) is 1. The second-order valence-electron chi connectivity index (χ2n) is 5.76. The predicted octanol–water partition coefficient (Wildman–Crippen LogP) is 1.50. The molecule has 98 valence electrons. The summed E-state index contributed by atoms with van der Waals surface area (Å²) >= 11 is 0. The maximum Gasteiger partial charge on any atom is 0.0433 e. The molecule has 3 heteroatoms. The molecule has 3 nitrogen and oxygen atoms in total. The maximum absolute atomic E-state index is 5.99. The second-order valence-corrected chi connectivity index (χ2v) is 5.76. The van der Waals surface area contributed by atoms with Crippen molar-refractivity contribution >= 4 is 0 Å². The Morgan fingerprint density at radius 1 is 1.47 bits per heavy atom. The number of nitrogens with one attached hydrogen (secondary N) is 1. The molecular formula is C14H27N3. The molecule has 2 aliphatic rings. The van der Waals surface area contributed by atoms with Crippen molar-refractivity contribution < 1.29 is 0 Å². The fraction of sp³-hybridized carbons (Fsp3) is 0.857. The van der Waals surface area contributed by atoms with Gasteiger partial charge in [-0.1, -0.05) is 11.6 Å². The van der Waals surface area contributed by atoms with Crippen molar-refractivity contribution in [3.8, 4) is 0 Å². The van der Waals surface area contributed by atoms with Gasteiger partial charge < -0.3 is 16.0 Å². The highest BCUT2D eigenvalue weighted by molar-refractivity contribution is 5.08. The summed E-state index contributed by atoms with van der Waals surface area (Å²) in [4.78, 5) is 2.40. The van der Waals surface area contributed by atoms with E-state index in [-0.39, 0.29) is 5.54 Å². The van der Waals surface area contributed by atoms with E-state index in [9.17, 15) is 0 Å². The first-order valence-corrected chi connectivity index (χ1v) is 7.06. The van der Waals surface area contributed by atoms with E-state index >= 15 is 0 Å². The van der Waals surface area contributed by atoms with Crippen LogP contribution in [0, 0.1) is 0 Å². The van der Waals surface area contributed by atoms with Gasteiger partial charge in [0.2, 0.25) is 0 Å². The zero-order valence-electron chi connectivity index (χ0n) is 11.2. The van der Waals surface area contributed by atoms with Gasteiger partial charge in [-0.25, -0.2) is 0 Å². The molecule has 0 radical (unpaired) electrons. The standard InChI is InChI=1S/C14H27N3/c1-17-10-4-8-14(11-15,12-17)16-9-7-13-5-2-3-6-13/h5,16H,2-4,6-12,15H2,1H3. The smallest absolute Gasteiger partial charge is 0.0433 e. The van der Waals surface area contributed by atoms with E-state index < -0.39 is 0 Å². The van der Waals surface area contributed by atoms with Gasteiger partial charge in [-0.05, 0) is 58.7 Å². The van der Waals surface area contributed by atoms with Crippen molar-refractivity contribution in [1.82, 2.24) is 10.2 Å². The maximum atomic E-state index is 5.99. The lowest BCUT2D eigenvalue weighted by Gasteiger charge is -2.41. The third kappa shape index (κ3) is 3.54. The molecule has 1 saturated heterocycles. The average molecular weight is 237 g/mol. The highest BCUT2D eigenvalue weighted by Gasteiger charge is 2.32. The van der Waals surface area contributed by atoms with Gasteiger partial charge in [-0.2, -0.15) is 0 Å². The first kappa shape index (κ1) is 13.1. The summed E-state index contributed by atoms with van der Waals surface area (Å²) in [6.07, 6.45) is 10.1. The number of likely N-dealkylation sites (tertiary alicyclic amines) is 1. The Morgan fingerprint density at radius 2 is 2.35 bits per heavy atom. The monoisotopic (exact) mass is 237 g/mol. The van der Waals surface area contributed by atoms with E-state index in [1.54, 1.807) is 5.57 Å². The van der Waals surface area contributed by atoms with Crippen LogP contribution in [0.4, 0.5) is 0 Å². The number of allylic oxidation sites excluding steroid dienone is 1. The number of piperidine rings is 1. The lowest BCUT2D eigenvalue weighted by Crippen LogP contribution is -2.60. The van der Waals surface area contributed by atoms with Crippen LogP contribution in [0.3, 0.4) is 0 Å². The molecule has 0 saturated carbocycles. The highest BCUT2D eigenvalue weighted by Crippen LogP contribution is 2.22. The van der Waals surface area contributed by atoms with Crippen molar-refractivity contribution in [3.05, 3.63) is 11.6 Å². The van der Waals surface area contributed by atoms with Crippen molar-refractivity contribution in [2.75, 3.05) is 33.2 Å². The normalized spacial score (nSPS) is 30.6. The molecule has 0 spiro atoms. The van der Waals surface area contributed by atoms with E-state index in [4.69, 9.17) is 5.73 Å². The minimum atomic E-state index is 0.173. The average Bonchev–Trinajstić information content (AvgIpc) is 2.82. The zero-order valence-corrected chi connectivity index (χ0v) is 11.2. The van der Waals surface area contributed by atoms with Crippen molar-refractivity contribution in [3.63, 3.8) is 0 Å².